The average molecular weight is 532 g/mol. The van der Waals surface area contributed by atoms with E-state index >= 15 is 0 Å². The van der Waals surface area contributed by atoms with Crippen LogP contribution in [-0.4, -0.2) is 48.8 Å². The predicted octanol–water partition coefficient (Wildman–Crippen LogP) is 5.61. The van der Waals surface area contributed by atoms with E-state index in [1.54, 1.807) is 0 Å². The molecule has 6 nitrogen and oxygen atoms in total. The van der Waals surface area contributed by atoms with Gasteiger partial charge in [0.2, 0.25) is 0 Å². The van der Waals surface area contributed by atoms with Crippen molar-refractivity contribution in [2.24, 2.45) is 0 Å². The number of ether oxygens (including phenoxy) is 1. The number of carbonyl (C=O) groups excluding carboxylic acids is 2. The molecule has 1 heterocycles. The normalized spacial score (nSPS) is 19.7. The second-order valence-electron chi connectivity index (χ2n) is 8.79. The van der Waals surface area contributed by atoms with Gasteiger partial charge in [-0.1, -0.05) is 11.6 Å². The van der Waals surface area contributed by atoms with E-state index in [1.165, 1.54) is 23.1 Å². The first-order valence-corrected chi connectivity index (χ1v) is 11.7. The molecule has 2 N–H and O–H groups in total. The molecule has 2 aliphatic rings. The zero-order chi connectivity index (χ0) is 26.0. The highest BCUT2D eigenvalue weighted by Crippen LogP contribution is 2.36. The summed E-state index contributed by atoms with van der Waals surface area (Å²) in [5, 5.41) is 4.99. The number of nitrogens with zero attached hydrogens (tertiary/aromatic N) is 1. The monoisotopic (exact) mass is 531 g/mol. The Hall–Kier alpha value is -2.92. The van der Waals surface area contributed by atoms with Crippen molar-refractivity contribution >= 4 is 29.3 Å². The summed E-state index contributed by atoms with van der Waals surface area (Å²) in [5.41, 5.74) is 1.01. The Kier molecular flexibility index (Phi) is 7.70. The van der Waals surface area contributed by atoms with Crippen molar-refractivity contribution in [3.63, 3.8) is 0 Å². The van der Waals surface area contributed by atoms with Gasteiger partial charge in [-0.3, -0.25) is 9.69 Å². The van der Waals surface area contributed by atoms with E-state index in [2.05, 4.69) is 10.6 Å². The summed E-state index contributed by atoms with van der Waals surface area (Å²) in [6.45, 7) is -1.02. The molecule has 0 bridgehead atoms. The number of hydrogen-bond acceptors (Lipinski definition) is 4. The number of amides is 2. The molecular weight excluding hydrogens is 509 g/mol. The van der Waals surface area contributed by atoms with Crippen molar-refractivity contribution in [1.29, 1.82) is 0 Å². The zero-order valence-corrected chi connectivity index (χ0v) is 19.7. The molecule has 0 radical (unpaired) electrons. The van der Waals surface area contributed by atoms with Gasteiger partial charge in [0.1, 0.15) is 18.2 Å². The second kappa shape index (κ2) is 10.6. The van der Waals surface area contributed by atoms with Crippen LogP contribution >= 0.6 is 11.6 Å². The van der Waals surface area contributed by atoms with Gasteiger partial charge in [0.05, 0.1) is 17.6 Å². The minimum Gasteiger partial charge on any atom is -0.448 e. The summed E-state index contributed by atoms with van der Waals surface area (Å²) in [7, 11) is 0. The Morgan fingerprint density at radius 1 is 1.11 bits per heavy atom. The van der Waals surface area contributed by atoms with Crippen LogP contribution in [0.25, 0.3) is 0 Å². The zero-order valence-electron chi connectivity index (χ0n) is 18.9. The van der Waals surface area contributed by atoms with E-state index in [0.29, 0.717) is 31.2 Å². The molecule has 36 heavy (non-hydrogen) atoms. The molecule has 1 fully saturated rings. The van der Waals surface area contributed by atoms with Gasteiger partial charge in [-0.2, -0.15) is 13.2 Å². The molecule has 1 aliphatic heterocycles. The SMILES string of the molecule is O=C(N[C@H]1CCc2c(C(=O)Nc3ccc(F)c(Cl)c3)ccc(F)c21)OC[C@@H]1CCCN1CC(F)(F)F. The van der Waals surface area contributed by atoms with Crippen LogP contribution in [0.3, 0.4) is 0 Å². The largest absolute Gasteiger partial charge is 0.448 e. The van der Waals surface area contributed by atoms with Crippen LogP contribution in [0.2, 0.25) is 5.02 Å². The second-order valence-corrected chi connectivity index (χ2v) is 9.19. The number of benzene rings is 2. The number of rotatable bonds is 6. The maximum atomic E-state index is 14.7. The fourth-order valence-corrected chi connectivity index (χ4v) is 4.90. The van der Waals surface area contributed by atoms with Crippen LogP contribution in [0, 0.1) is 11.6 Å². The molecule has 0 aromatic heterocycles. The topological polar surface area (TPSA) is 70.7 Å². The van der Waals surface area contributed by atoms with E-state index in [1.807, 2.05) is 0 Å². The highest BCUT2D eigenvalue weighted by atomic mass is 35.5. The number of hydrogen-bond donors (Lipinski definition) is 2. The van der Waals surface area contributed by atoms with Gasteiger partial charge in [-0.15, -0.1) is 0 Å². The Morgan fingerprint density at radius 2 is 1.86 bits per heavy atom. The lowest BCUT2D eigenvalue weighted by Crippen LogP contribution is -2.41. The van der Waals surface area contributed by atoms with Crippen molar-refractivity contribution in [2.45, 2.75) is 43.9 Å². The number of nitrogens with one attached hydrogen (secondary N) is 2. The number of alkyl carbamates (subject to hydrolysis) is 1. The summed E-state index contributed by atoms with van der Waals surface area (Å²) in [4.78, 5) is 26.4. The molecule has 194 valence electrons. The quantitative estimate of drug-likeness (QED) is 0.475. The maximum Gasteiger partial charge on any atom is 0.407 e. The smallest absolute Gasteiger partial charge is 0.407 e. The van der Waals surface area contributed by atoms with Crippen molar-refractivity contribution in [2.75, 3.05) is 25.0 Å². The van der Waals surface area contributed by atoms with Crippen LogP contribution in [0.4, 0.5) is 32.4 Å². The van der Waals surface area contributed by atoms with Gasteiger partial charge in [0.25, 0.3) is 5.91 Å². The average Bonchev–Trinajstić information content (AvgIpc) is 3.41. The lowest BCUT2D eigenvalue weighted by atomic mass is 10.0. The van der Waals surface area contributed by atoms with Crippen LogP contribution in [-0.2, 0) is 11.2 Å². The fraction of sp³-hybridized carbons (Fsp3) is 0.417. The molecule has 2 atom stereocenters. The van der Waals surface area contributed by atoms with Crippen molar-refractivity contribution in [1.82, 2.24) is 10.2 Å². The first kappa shape index (κ1) is 26.2. The van der Waals surface area contributed by atoms with Gasteiger partial charge in [-0.25, -0.2) is 13.6 Å². The van der Waals surface area contributed by atoms with Gasteiger partial charge < -0.3 is 15.4 Å². The Morgan fingerprint density at radius 3 is 2.58 bits per heavy atom. The summed E-state index contributed by atoms with van der Waals surface area (Å²) >= 11 is 5.75. The van der Waals surface area contributed by atoms with Gasteiger partial charge in [-0.05, 0) is 68.1 Å². The molecule has 2 amide bonds. The summed E-state index contributed by atoms with van der Waals surface area (Å²) < 4.78 is 71.4. The maximum absolute atomic E-state index is 14.7. The van der Waals surface area contributed by atoms with E-state index in [4.69, 9.17) is 16.3 Å². The molecule has 1 saturated heterocycles. The molecule has 0 unspecified atom stereocenters. The highest BCUT2D eigenvalue weighted by Gasteiger charge is 2.37. The molecule has 0 saturated carbocycles. The highest BCUT2D eigenvalue weighted by molar-refractivity contribution is 6.31. The third-order valence-corrected chi connectivity index (χ3v) is 6.63. The Labute approximate surface area is 208 Å². The first-order chi connectivity index (χ1) is 17.0. The summed E-state index contributed by atoms with van der Waals surface area (Å²) in [5.74, 6) is -1.80. The van der Waals surface area contributed by atoms with Crippen molar-refractivity contribution < 1.29 is 36.3 Å². The number of likely N-dealkylation sites (tertiary alicyclic amines) is 1. The molecule has 2 aromatic carbocycles. The van der Waals surface area contributed by atoms with E-state index in [-0.39, 0.29) is 35.0 Å². The number of anilines is 1. The minimum atomic E-state index is -4.34. The van der Waals surface area contributed by atoms with Gasteiger partial charge in [0, 0.05) is 22.9 Å². The lowest BCUT2D eigenvalue weighted by Gasteiger charge is -2.25. The first-order valence-electron chi connectivity index (χ1n) is 11.3. The van der Waals surface area contributed by atoms with Gasteiger partial charge >= 0.3 is 12.3 Å². The molecule has 1 aliphatic carbocycles. The summed E-state index contributed by atoms with van der Waals surface area (Å²) in [6, 6.07) is 4.82. The van der Waals surface area contributed by atoms with Gasteiger partial charge in [0.15, 0.2) is 0 Å². The molecule has 2 aromatic rings. The minimum absolute atomic E-state index is 0.149. The lowest BCUT2D eigenvalue weighted by molar-refractivity contribution is -0.148. The Bertz CT molecular complexity index is 1160. The third kappa shape index (κ3) is 6.07. The standard InChI is InChI=1S/C24H23ClF5N3O3/c25-17-10-13(3-6-18(17)26)31-22(34)16-4-7-19(27)21-15(16)5-8-20(21)32-23(35)36-11-14-2-1-9-33(14)12-24(28,29)30/h3-4,6-7,10,14,20H,1-2,5,8-9,11-12H2,(H,31,34)(H,32,35)/t14-,20-/m0/s1. The fourth-order valence-electron chi connectivity index (χ4n) is 4.72. The molecule has 12 heteroatoms. The molecule has 0 spiro atoms. The number of halogens is 6. The van der Waals surface area contributed by atoms with Crippen LogP contribution in [0.5, 0.6) is 0 Å². The van der Waals surface area contributed by atoms with Crippen LogP contribution < -0.4 is 10.6 Å². The summed E-state index contributed by atoms with van der Waals surface area (Å²) in [6.07, 6.45) is -3.57. The number of fused-ring (bicyclic) bond motifs is 1. The molecule has 4 rings (SSSR count). The Balaban J connectivity index is 1.40. The third-order valence-electron chi connectivity index (χ3n) is 6.34. The van der Waals surface area contributed by atoms with E-state index in [0.717, 1.165) is 12.1 Å². The number of carbonyl (C=O) groups is 2. The van der Waals surface area contributed by atoms with Crippen molar-refractivity contribution in [3.05, 3.63) is 63.7 Å². The van der Waals surface area contributed by atoms with Crippen LogP contribution in [0.1, 0.15) is 46.8 Å². The predicted molar refractivity (Wildman–Crippen MR) is 122 cm³/mol. The molecular formula is C24H23ClF5N3O3. The van der Waals surface area contributed by atoms with E-state index in [9.17, 15) is 31.5 Å². The van der Waals surface area contributed by atoms with E-state index < -0.39 is 48.4 Å². The number of alkyl halides is 3. The van der Waals surface area contributed by atoms with Crippen molar-refractivity contribution in [3.8, 4) is 0 Å². The van der Waals surface area contributed by atoms with Crippen LogP contribution in [0.15, 0.2) is 30.3 Å².